The van der Waals surface area contributed by atoms with Crippen molar-refractivity contribution in [2.45, 2.75) is 226 Å². The normalized spacial score (nSPS) is 11.9. The molecule has 0 radical (unpaired) electrons. The van der Waals surface area contributed by atoms with Crippen molar-refractivity contribution in [2.75, 3.05) is 13.2 Å². The van der Waals surface area contributed by atoms with Gasteiger partial charge in [0.2, 0.25) is 0 Å². The molecule has 49 heavy (non-hydrogen) atoms. The van der Waals surface area contributed by atoms with Gasteiger partial charge in [-0.15, -0.1) is 0 Å². The van der Waals surface area contributed by atoms with Crippen LogP contribution in [0.5, 0.6) is 5.75 Å². The molecule has 6 heteroatoms. The number of hydrogen-bond acceptors (Lipinski definition) is 5. The molecule has 0 bridgehead atoms. The van der Waals surface area contributed by atoms with Crippen molar-refractivity contribution in [3.8, 4) is 5.75 Å². The Morgan fingerprint density at radius 1 is 0.408 bits per heavy atom. The Labute approximate surface area is 305 Å². The Hall–Kier alpha value is -0.870. The second-order valence-corrected chi connectivity index (χ2v) is 16.3. The van der Waals surface area contributed by atoms with Gasteiger partial charge in [-0.2, -0.15) is 0 Å². The summed E-state index contributed by atoms with van der Waals surface area (Å²) in [4.78, 5) is 0. The molecular formula is C43H81O5P. The largest absolute Gasteiger partial charge is 0.508 e. The maximum absolute atomic E-state index is 13.5. The lowest BCUT2D eigenvalue weighted by molar-refractivity contribution is 0.105. The monoisotopic (exact) mass is 709 g/mol. The molecule has 1 aromatic carbocycles. The number of phenols is 1. The Balaban J connectivity index is 2.10. The average molecular weight is 709 g/mol. The Bertz CT molecular complexity index is 803. The van der Waals surface area contributed by atoms with Crippen molar-refractivity contribution in [1.29, 1.82) is 0 Å². The number of aromatic hydroxyl groups is 1. The molecule has 0 amide bonds. The number of phosphoric acid groups is 1. The highest BCUT2D eigenvalue weighted by atomic mass is 31.2. The fourth-order valence-corrected chi connectivity index (χ4v) is 7.75. The second kappa shape index (κ2) is 35.5. The van der Waals surface area contributed by atoms with Crippen molar-refractivity contribution in [2.24, 2.45) is 0 Å². The molecule has 0 saturated heterocycles. The van der Waals surface area contributed by atoms with Crippen LogP contribution in [0.4, 0.5) is 0 Å². The van der Waals surface area contributed by atoms with E-state index in [1.54, 1.807) is 24.3 Å². The number of phenolic OH excluding ortho intramolecular Hbond substituents is 1. The van der Waals surface area contributed by atoms with E-state index in [1.807, 2.05) is 0 Å². The van der Waals surface area contributed by atoms with E-state index >= 15 is 0 Å². The number of unbranched alkanes of at least 4 members (excludes halogenated alkanes) is 30. The van der Waals surface area contributed by atoms with Gasteiger partial charge in [-0.25, -0.2) is 4.57 Å². The van der Waals surface area contributed by atoms with Crippen molar-refractivity contribution in [1.82, 2.24) is 0 Å². The number of rotatable bonds is 39. The van der Waals surface area contributed by atoms with E-state index in [4.69, 9.17) is 13.6 Å². The molecule has 0 aromatic heterocycles. The van der Waals surface area contributed by atoms with Crippen LogP contribution < -0.4 is 0 Å². The third-order valence-electron chi connectivity index (χ3n) is 9.82. The van der Waals surface area contributed by atoms with Gasteiger partial charge in [-0.3, -0.25) is 13.6 Å². The molecule has 1 N–H and O–H groups in total. The van der Waals surface area contributed by atoms with Crippen LogP contribution in [0.2, 0.25) is 0 Å². The van der Waals surface area contributed by atoms with E-state index in [0.29, 0.717) is 13.2 Å². The molecule has 0 unspecified atom stereocenters. The van der Waals surface area contributed by atoms with E-state index in [-0.39, 0.29) is 12.4 Å². The zero-order valence-corrected chi connectivity index (χ0v) is 33.5. The Morgan fingerprint density at radius 3 is 0.959 bits per heavy atom. The van der Waals surface area contributed by atoms with Gasteiger partial charge >= 0.3 is 7.82 Å². The van der Waals surface area contributed by atoms with E-state index in [1.165, 1.54) is 180 Å². The Morgan fingerprint density at radius 2 is 0.673 bits per heavy atom. The predicted octanol–water partition coefficient (Wildman–Crippen LogP) is 15.6. The molecule has 0 saturated carbocycles. The molecule has 5 nitrogen and oxygen atoms in total. The molecule has 0 aliphatic rings. The summed E-state index contributed by atoms with van der Waals surface area (Å²) < 4.78 is 30.8. The highest BCUT2D eigenvalue weighted by Crippen LogP contribution is 2.50. The summed E-state index contributed by atoms with van der Waals surface area (Å²) in [6, 6.07) is 6.76. The summed E-state index contributed by atoms with van der Waals surface area (Å²) in [6.07, 6.45) is 42.2. The SMILES string of the molecule is CCCCCCCCCCCCCCCCCCOP(=O)(OCCCCCCCCCCCCCCCCCC)OCc1ccc(O)cc1. The van der Waals surface area contributed by atoms with E-state index in [2.05, 4.69) is 13.8 Å². The highest BCUT2D eigenvalue weighted by Gasteiger charge is 2.26. The van der Waals surface area contributed by atoms with E-state index in [9.17, 15) is 9.67 Å². The standard InChI is InChI=1S/C43H81O5P/c1-3-5-7-9-11-13-15-17-19-21-23-25-27-29-31-33-39-46-49(45,48-41-42-35-37-43(44)38-36-42)47-40-34-32-30-28-26-24-22-20-18-16-14-12-10-8-6-4-2/h35-38,44H,3-34,39-41H2,1-2H3. The second-order valence-electron chi connectivity index (χ2n) is 14.7. The van der Waals surface area contributed by atoms with Crippen LogP contribution in [0, 0.1) is 0 Å². The summed E-state index contributed by atoms with van der Waals surface area (Å²) in [5.74, 6) is 0.200. The first-order chi connectivity index (χ1) is 24.1. The van der Waals surface area contributed by atoms with Crippen LogP contribution >= 0.6 is 7.82 Å². The van der Waals surface area contributed by atoms with Crippen LogP contribution in [-0.4, -0.2) is 18.3 Å². The molecule has 0 atom stereocenters. The van der Waals surface area contributed by atoms with Crippen LogP contribution in [0.25, 0.3) is 0 Å². The van der Waals surface area contributed by atoms with Crippen LogP contribution in [0.1, 0.15) is 225 Å². The highest BCUT2D eigenvalue weighted by molar-refractivity contribution is 7.48. The van der Waals surface area contributed by atoms with Gasteiger partial charge in [0.25, 0.3) is 0 Å². The van der Waals surface area contributed by atoms with Gasteiger partial charge in [-0.05, 0) is 30.5 Å². The summed E-state index contributed by atoms with van der Waals surface area (Å²) in [6.45, 7) is 5.49. The van der Waals surface area contributed by atoms with E-state index < -0.39 is 7.82 Å². The lowest BCUT2D eigenvalue weighted by Gasteiger charge is -2.18. The Kier molecular flexibility index (Phi) is 33.5. The first-order valence-electron chi connectivity index (χ1n) is 21.4. The third kappa shape index (κ3) is 31.6. The predicted molar refractivity (Wildman–Crippen MR) is 211 cm³/mol. The van der Waals surface area contributed by atoms with Crippen LogP contribution in [-0.2, 0) is 24.7 Å². The van der Waals surface area contributed by atoms with Crippen molar-refractivity contribution in [3.63, 3.8) is 0 Å². The molecule has 0 aliphatic heterocycles. The summed E-state index contributed by atoms with van der Waals surface area (Å²) in [7, 11) is -3.64. The number of benzene rings is 1. The van der Waals surface area contributed by atoms with Gasteiger partial charge in [0.1, 0.15) is 5.75 Å². The lowest BCUT2D eigenvalue weighted by Crippen LogP contribution is -2.03. The molecule has 0 heterocycles. The minimum atomic E-state index is -3.64. The smallest absolute Gasteiger partial charge is 0.475 e. The first kappa shape index (κ1) is 46.2. The van der Waals surface area contributed by atoms with Gasteiger partial charge in [0.15, 0.2) is 0 Å². The number of hydrogen-bond donors (Lipinski definition) is 1. The molecular weight excluding hydrogens is 627 g/mol. The average Bonchev–Trinajstić information content (AvgIpc) is 3.11. The minimum absolute atomic E-state index is 0.134. The minimum Gasteiger partial charge on any atom is -0.508 e. The summed E-state index contributed by atoms with van der Waals surface area (Å²) in [5, 5.41) is 9.57. The molecule has 0 fully saturated rings. The van der Waals surface area contributed by atoms with Gasteiger partial charge < -0.3 is 5.11 Å². The zero-order chi connectivity index (χ0) is 35.4. The molecule has 288 valence electrons. The van der Waals surface area contributed by atoms with Crippen molar-refractivity contribution in [3.05, 3.63) is 29.8 Å². The first-order valence-corrected chi connectivity index (χ1v) is 22.9. The van der Waals surface area contributed by atoms with Crippen molar-refractivity contribution >= 4 is 7.82 Å². The molecule has 0 spiro atoms. The fraction of sp³-hybridized carbons (Fsp3) is 0.860. The third-order valence-corrected chi connectivity index (χ3v) is 11.3. The number of phosphoric ester groups is 1. The van der Waals surface area contributed by atoms with Crippen molar-refractivity contribution < 1.29 is 23.2 Å². The summed E-state index contributed by atoms with van der Waals surface area (Å²) >= 11 is 0. The zero-order valence-electron chi connectivity index (χ0n) is 32.6. The quantitative estimate of drug-likeness (QED) is 0.0545. The maximum Gasteiger partial charge on any atom is 0.475 e. The molecule has 1 rings (SSSR count). The lowest BCUT2D eigenvalue weighted by atomic mass is 10.0. The van der Waals surface area contributed by atoms with Crippen LogP contribution in [0.3, 0.4) is 0 Å². The molecule has 1 aromatic rings. The molecule has 0 aliphatic carbocycles. The van der Waals surface area contributed by atoms with Gasteiger partial charge in [0.05, 0.1) is 19.8 Å². The maximum atomic E-state index is 13.5. The topological polar surface area (TPSA) is 65.0 Å². The van der Waals surface area contributed by atoms with Crippen LogP contribution in [0.15, 0.2) is 24.3 Å². The fourth-order valence-electron chi connectivity index (χ4n) is 6.51. The van der Waals surface area contributed by atoms with Gasteiger partial charge in [0, 0.05) is 0 Å². The van der Waals surface area contributed by atoms with Gasteiger partial charge in [-0.1, -0.05) is 219 Å². The summed E-state index contributed by atoms with van der Waals surface area (Å²) in [5.41, 5.74) is 0.829. The van der Waals surface area contributed by atoms with E-state index in [0.717, 1.165) is 31.2 Å².